The van der Waals surface area contributed by atoms with Crippen LogP contribution in [0.2, 0.25) is 3.43 Å². The number of alkyl carbamates (subject to hydrolysis) is 1. The fourth-order valence-corrected chi connectivity index (χ4v) is 8.57. The molecule has 0 spiro atoms. The quantitative estimate of drug-likeness (QED) is 0.254. The Morgan fingerprint density at radius 1 is 1.04 bits per heavy atom. The van der Waals surface area contributed by atoms with Crippen LogP contribution in [0, 0.1) is 0 Å². The van der Waals surface area contributed by atoms with Gasteiger partial charge < -0.3 is 0 Å². The minimum atomic E-state index is -0.895. The number of carbonyl (C=O) groups excluding carboxylic acids is 1. The van der Waals surface area contributed by atoms with E-state index >= 15 is 0 Å². The zero-order chi connectivity index (χ0) is 19.3. The number of hydrogen-bond donors (Lipinski definition) is 1. The zero-order valence-corrected chi connectivity index (χ0v) is 20.4. The van der Waals surface area contributed by atoms with Crippen LogP contribution in [-0.2, 0) is 4.74 Å². The third kappa shape index (κ3) is 11.9. The standard InChI is InChI=1S/C13H27.C8H14NO2.Sn/c1-4-7-10-13(11-8-5-2)12-9-6-3;1-5-6-9-7(10)11-8(2,3)4;/h4-12H2,1-3H3;5-6H,1H2,2-4H3,(H,9,10);. The number of unbranched alkanes of at least 4 members (excludes halogenated alkanes) is 3. The Balaban J connectivity index is 5.10. The molecule has 0 aromatic carbocycles. The summed E-state index contributed by atoms with van der Waals surface area (Å²) in [6, 6.07) is 0. The molecule has 1 amide bonds. The van der Waals surface area contributed by atoms with Crippen LogP contribution in [0.25, 0.3) is 0 Å². The van der Waals surface area contributed by atoms with E-state index in [0.29, 0.717) is 3.43 Å². The second-order valence-electron chi connectivity index (χ2n) is 8.09. The van der Waals surface area contributed by atoms with Crippen molar-refractivity contribution in [1.82, 2.24) is 5.32 Å². The molecule has 0 aliphatic carbocycles. The van der Waals surface area contributed by atoms with Gasteiger partial charge in [-0.1, -0.05) is 0 Å². The molecular weight excluding hydrogens is 417 g/mol. The van der Waals surface area contributed by atoms with Gasteiger partial charge in [-0.15, -0.1) is 0 Å². The Labute approximate surface area is 167 Å². The fourth-order valence-electron chi connectivity index (χ4n) is 3.06. The molecule has 0 aliphatic heterocycles. The van der Waals surface area contributed by atoms with Gasteiger partial charge in [-0.05, 0) is 0 Å². The first-order valence-corrected chi connectivity index (χ1v) is 13.2. The molecule has 1 N–H and O–H groups in total. The fraction of sp³-hybridized carbons (Fsp3) is 0.857. The van der Waals surface area contributed by atoms with Crippen LogP contribution in [0.3, 0.4) is 0 Å². The van der Waals surface area contributed by atoms with E-state index in [1.165, 1.54) is 57.8 Å². The van der Waals surface area contributed by atoms with E-state index in [-0.39, 0.29) is 10.2 Å². The van der Waals surface area contributed by atoms with Gasteiger partial charge in [0.2, 0.25) is 0 Å². The first-order chi connectivity index (χ1) is 11.7. The van der Waals surface area contributed by atoms with Crippen LogP contribution in [-0.4, -0.2) is 36.9 Å². The second kappa shape index (κ2) is 13.0. The first kappa shape index (κ1) is 24.8. The van der Waals surface area contributed by atoms with Crippen molar-refractivity contribution in [3.8, 4) is 0 Å². The van der Waals surface area contributed by atoms with Crippen LogP contribution in [0.1, 0.15) is 99.3 Å². The molecule has 0 rings (SSSR count). The number of amides is 1. The SMILES string of the molecule is C=C[CH](NC(=O)OC(C)(C)C)[Sn][C](CCCC)(CCCC)CCCC. The third-order valence-corrected chi connectivity index (χ3v) is 10.3. The van der Waals surface area contributed by atoms with E-state index in [9.17, 15) is 4.79 Å². The van der Waals surface area contributed by atoms with Crippen molar-refractivity contribution < 1.29 is 9.53 Å². The van der Waals surface area contributed by atoms with Gasteiger partial charge in [0.05, 0.1) is 0 Å². The van der Waals surface area contributed by atoms with Crippen LogP contribution >= 0.6 is 0 Å². The predicted octanol–water partition coefficient (Wildman–Crippen LogP) is 6.46. The summed E-state index contributed by atoms with van der Waals surface area (Å²) in [5.41, 5.74) is -0.454. The van der Waals surface area contributed by atoms with E-state index in [1.54, 1.807) is 0 Å². The predicted molar refractivity (Wildman–Crippen MR) is 110 cm³/mol. The normalized spacial score (nSPS) is 13.4. The van der Waals surface area contributed by atoms with Crippen molar-refractivity contribution in [1.29, 1.82) is 0 Å². The van der Waals surface area contributed by atoms with Crippen molar-refractivity contribution >= 4 is 27.2 Å². The van der Waals surface area contributed by atoms with Crippen molar-refractivity contribution in [2.75, 3.05) is 0 Å². The van der Waals surface area contributed by atoms with Gasteiger partial charge >= 0.3 is 167 Å². The molecule has 1 atom stereocenters. The molecule has 0 bridgehead atoms. The number of nitrogens with one attached hydrogen (secondary N) is 1. The zero-order valence-electron chi connectivity index (χ0n) is 17.5. The van der Waals surface area contributed by atoms with Crippen LogP contribution in [0.5, 0.6) is 0 Å². The van der Waals surface area contributed by atoms with E-state index in [1.807, 2.05) is 26.8 Å². The number of rotatable bonds is 13. The minimum absolute atomic E-state index is 0.143. The van der Waals surface area contributed by atoms with Crippen molar-refractivity contribution in [2.45, 2.75) is 112 Å². The van der Waals surface area contributed by atoms with Crippen LogP contribution in [0.15, 0.2) is 12.7 Å². The molecule has 0 aliphatic rings. The van der Waals surface area contributed by atoms with Gasteiger partial charge in [0.15, 0.2) is 0 Å². The van der Waals surface area contributed by atoms with Gasteiger partial charge in [-0.2, -0.15) is 0 Å². The average molecular weight is 458 g/mol. The van der Waals surface area contributed by atoms with Gasteiger partial charge in [-0.3, -0.25) is 0 Å². The Bertz CT molecular complexity index is 355. The summed E-state index contributed by atoms with van der Waals surface area (Å²) >= 11 is -0.895. The third-order valence-electron chi connectivity index (χ3n) is 4.40. The Morgan fingerprint density at radius 3 is 1.80 bits per heavy atom. The Hall–Kier alpha value is -0.191. The molecule has 4 heteroatoms. The first-order valence-electron chi connectivity index (χ1n) is 10.1. The molecule has 25 heavy (non-hydrogen) atoms. The molecular formula is C21H41NO2Sn. The van der Waals surface area contributed by atoms with E-state index in [2.05, 4.69) is 32.7 Å². The summed E-state index contributed by atoms with van der Waals surface area (Å²) in [5, 5.41) is 3.10. The van der Waals surface area contributed by atoms with Crippen molar-refractivity contribution in [2.24, 2.45) is 0 Å². The molecule has 2 radical (unpaired) electrons. The van der Waals surface area contributed by atoms with Crippen LogP contribution in [0.4, 0.5) is 4.79 Å². The van der Waals surface area contributed by atoms with Crippen molar-refractivity contribution in [3.63, 3.8) is 0 Å². The summed E-state index contributed by atoms with van der Waals surface area (Å²) < 4.78 is 6.07. The molecule has 0 aromatic heterocycles. The average Bonchev–Trinajstić information content (AvgIpc) is 2.53. The molecule has 0 saturated heterocycles. The summed E-state index contributed by atoms with van der Waals surface area (Å²) in [6.07, 6.45) is 13.2. The van der Waals surface area contributed by atoms with E-state index < -0.39 is 26.7 Å². The van der Waals surface area contributed by atoms with Gasteiger partial charge in [0.25, 0.3) is 0 Å². The summed E-state index contributed by atoms with van der Waals surface area (Å²) in [5.74, 6) is 0. The molecule has 3 nitrogen and oxygen atoms in total. The van der Waals surface area contributed by atoms with Gasteiger partial charge in [0.1, 0.15) is 0 Å². The maximum atomic E-state index is 12.2. The maximum absolute atomic E-state index is 12.2. The molecule has 1 unspecified atom stereocenters. The summed E-state index contributed by atoms with van der Waals surface area (Å²) in [6.45, 7) is 16.6. The summed E-state index contributed by atoms with van der Waals surface area (Å²) in [7, 11) is 0. The van der Waals surface area contributed by atoms with Gasteiger partial charge in [0, 0.05) is 0 Å². The number of ether oxygens (including phenoxy) is 1. The topological polar surface area (TPSA) is 38.3 Å². The Kier molecular flexibility index (Phi) is 12.9. The number of carbonyl (C=O) groups is 1. The molecule has 0 fully saturated rings. The second-order valence-corrected chi connectivity index (χ2v) is 13.7. The van der Waals surface area contributed by atoms with Gasteiger partial charge in [-0.25, -0.2) is 0 Å². The monoisotopic (exact) mass is 459 g/mol. The molecule has 0 aromatic rings. The summed E-state index contributed by atoms with van der Waals surface area (Å²) in [4.78, 5) is 12.2. The molecule has 0 saturated carbocycles. The number of hydrogen-bond acceptors (Lipinski definition) is 2. The molecule has 146 valence electrons. The Morgan fingerprint density at radius 2 is 1.48 bits per heavy atom. The van der Waals surface area contributed by atoms with E-state index in [4.69, 9.17) is 4.74 Å². The van der Waals surface area contributed by atoms with Crippen LogP contribution < -0.4 is 5.32 Å². The molecule has 0 heterocycles. The van der Waals surface area contributed by atoms with E-state index in [0.717, 1.165) is 0 Å². The van der Waals surface area contributed by atoms with Crippen molar-refractivity contribution in [3.05, 3.63) is 12.7 Å².